The van der Waals surface area contributed by atoms with Crippen molar-refractivity contribution in [3.63, 3.8) is 0 Å². The van der Waals surface area contributed by atoms with E-state index in [4.69, 9.17) is 4.74 Å². The van der Waals surface area contributed by atoms with Crippen LogP contribution in [-0.4, -0.2) is 45.7 Å². The van der Waals surface area contributed by atoms with E-state index in [-0.39, 0.29) is 24.5 Å². The van der Waals surface area contributed by atoms with Crippen LogP contribution in [0, 0.1) is 0 Å². The third-order valence-electron chi connectivity index (χ3n) is 3.17. The zero-order valence-electron chi connectivity index (χ0n) is 15.6. The lowest BCUT2D eigenvalue weighted by Crippen LogP contribution is -2.41. The molecule has 0 atom stereocenters. The Hall–Kier alpha value is -2.13. The number of hydrogen-bond acceptors (Lipinski definition) is 5. The minimum absolute atomic E-state index is 0.0377. The van der Waals surface area contributed by atoms with Gasteiger partial charge < -0.3 is 15.4 Å². The van der Waals surface area contributed by atoms with Gasteiger partial charge in [-0.15, -0.1) is 0 Å². The topological polar surface area (TPSA) is 114 Å². The number of nitrogens with one attached hydrogen (secondary N) is 3. The van der Waals surface area contributed by atoms with Crippen molar-refractivity contribution < 1.29 is 22.7 Å². The van der Waals surface area contributed by atoms with Gasteiger partial charge in [0.05, 0.1) is 11.4 Å². The number of amides is 2. The van der Waals surface area contributed by atoms with E-state index in [0.717, 1.165) is 12.0 Å². The molecule has 1 aromatic rings. The molecule has 0 unspecified atom stereocenters. The number of sulfonamides is 1. The molecular weight excluding hydrogens is 358 g/mol. The van der Waals surface area contributed by atoms with Gasteiger partial charge in [-0.2, -0.15) is 0 Å². The standard InChI is InChI=1S/C17H27N3O5S/c1-5-13-6-8-14(9-7-13)26(23,24)20-11-10-18-15(21)12-19-16(22)25-17(2,3)4/h6-9,20H,5,10-12H2,1-4H3,(H,18,21)(H,19,22). The number of carbonyl (C=O) groups is 2. The number of ether oxygens (including phenoxy) is 1. The molecule has 146 valence electrons. The predicted molar refractivity (Wildman–Crippen MR) is 98.3 cm³/mol. The van der Waals surface area contributed by atoms with Crippen molar-refractivity contribution in [3.8, 4) is 0 Å². The van der Waals surface area contributed by atoms with Crippen LogP contribution in [0.1, 0.15) is 33.3 Å². The number of alkyl carbamates (subject to hydrolysis) is 1. The summed E-state index contributed by atoms with van der Waals surface area (Å²) in [7, 11) is -3.62. The van der Waals surface area contributed by atoms with Crippen LogP contribution in [0.25, 0.3) is 0 Å². The van der Waals surface area contributed by atoms with Gasteiger partial charge in [0.25, 0.3) is 0 Å². The lowest BCUT2D eigenvalue weighted by molar-refractivity contribution is -0.120. The molecule has 26 heavy (non-hydrogen) atoms. The summed E-state index contributed by atoms with van der Waals surface area (Å²) in [5.41, 5.74) is 0.405. The lowest BCUT2D eigenvalue weighted by atomic mass is 10.2. The van der Waals surface area contributed by atoms with Crippen molar-refractivity contribution in [2.75, 3.05) is 19.6 Å². The number of aryl methyl sites for hydroxylation is 1. The van der Waals surface area contributed by atoms with Crippen LogP contribution in [-0.2, 0) is 26.0 Å². The van der Waals surface area contributed by atoms with E-state index in [9.17, 15) is 18.0 Å². The highest BCUT2D eigenvalue weighted by molar-refractivity contribution is 7.89. The summed E-state index contributed by atoms with van der Waals surface area (Å²) < 4.78 is 31.7. The molecule has 2 amide bonds. The molecule has 0 aliphatic carbocycles. The smallest absolute Gasteiger partial charge is 0.408 e. The zero-order valence-corrected chi connectivity index (χ0v) is 16.4. The molecule has 0 radical (unpaired) electrons. The summed E-state index contributed by atoms with van der Waals surface area (Å²) in [6, 6.07) is 6.62. The van der Waals surface area contributed by atoms with Gasteiger partial charge in [-0.1, -0.05) is 19.1 Å². The Balaban J connectivity index is 2.32. The van der Waals surface area contributed by atoms with Crippen molar-refractivity contribution in [2.24, 2.45) is 0 Å². The Bertz CT molecular complexity index is 709. The van der Waals surface area contributed by atoms with E-state index in [1.54, 1.807) is 45.0 Å². The maximum Gasteiger partial charge on any atom is 0.408 e. The zero-order chi connectivity index (χ0) is 19.8. The molecule has 0 aliphatic rings. The monoisotopic (exact) mass is 385 g/mol. The van der Waals surface area contributed by atoms with Crippen LogP contribution in [0.15, 0.2) is 29.2 Å². The van der Waals surface area contributed by atoms with Crippen molar-refractivity contribution in [1.29, 1.82) is 0 Å². The van der Waals surface area contributed by atoms with Crippen molar-refractivity contribution >= 4 is 22.0 Å². The van der Waals surface area contributed by atoms with Gasteiger partial charge >= 0.3 is 6.09 Å². The average molecular weight is 385 g/mol. The second kappa shape index (κ2) is 9.54. The molecule has 0 spiro atoms. The van der Waals surface area contributed by atoms with Crippen molar-refractivity contribution in [2.45, 2.75) is 44.6 Å². The van der Waals surface area contributed by atoms with E-state index in [0.29, 0.717) is 0 Å². The Morgan fingerprint density at radius 1 is 1.04 bits per heavy atom. The summed E-state index contributed by atoms with van der Waals surface area (Å²) in [6.45, 7) is 7.02. The molecule has 8 nitrogen and oxygen atoms in total. The summed E-state index contributed by atoms with van der Waals surface area (Å²) in [6.07, 6.45) is 0.140. The first-order valence-electron chi connectivity index (χ1n) is 8.35. The van der Waals surface area contributed by atoms with E-state index in [1.807, 2.05) is 6.92 Å². The summed E-state index contributed by atoms with van der Waals surface area (Å²) >= 11 is 0. The molecular formula is C17H27N3O5S. The Labute approximate surface area is 154 Å². The molecule has 1 rings (SSSR count). The highest BCUT2D eigenvalue weighted by Crippen LogP contribution is 2.10. The Morgan fingerprint density at radius 3 is 2.19 bits per heavy atom. The van der Waals surface area contributed by atoms with E-state index in [2.05, 4.69) is 15.4 Å². The molecule has 0 fully saturated rings. The van der Waals surface area contributed by atoms with Gasteiger partial charge in [0.15, 0.2) is 0 Å². The third kappa shape index (κ3) is 8.30. The van der Waals surface area contributed by atoms with E-state index < -0.39 is 27.6 Å². The number of rotatable bonds is 8. The first kappa shape index (κ1) is 21.9. The van der Waals surface area contributed by atoms with Crippen LogP contribution in [0.3, 0.4) is 0 Å². The minimum Gasteiger partial charge on any atom is -0.444 e. The van der Waals surface area contributed by atoms with E-state index in [1.165, 1.54) is 0 Å². The quantitative estimate of drug-likeness (QED) is 0.581. The number of hydrogen-bond donors (Lipinski definition) is 3. The highest BCUT2D eigenvalue weighted by atomic mass is 32.2. The van der Waals surface area contributed by atoms with Crippen molar-refractivity contribution in [1.82, 2.24) is 15.4 Å². The minimum atomic E-state index is -3.62. The number of carbonyl (C=O) groups excluding carboxylic acids is 2. The predicted octanol–water partition coefficient (Wildman–Crippen LogP) is 1.17. The molecule has 1 aromatic carbocycles. The summed E-state index contributed by atoms with van der Waals surface area (Å²) in [5, 5.41) is 4.83. The van der Waals surface area contributed by atoms with Crippen LogP contribution < -0.4 is 15.4 Å². The largest absolute Gasteiger partial charge is 0.444 e. The summed E-state index contributed by atoms with van der Waals surface area (Å²) in [5.74, 6) is -0.442. The SMILES string of the molecule is CCc1ccc(S(=O)(=O)NCCNC(=O)CNC(=O)OC(C)(C)C)cc1. The fourth-order valence-electron chi connectivity index (χ4n) is 1.90. The molecule has 3 N–H and O–H groups in total. The van der Waals surface area contributed by atoms with Crippen LogP contribution in [0.2, 0.25) is 0 Å². The maximum atomic E-state index is 12.1. The molecule has 0 heterocycles. The first-order valence-corrected chi connectivity index (χ1v) is 9.84. The molecule has 0 aromatic heterocycles. The molecule has 9 heteroatoms. The van der Waals surface area contributed by atoms with Gasteiger partial charge in [-0.25, -0.2) is 17.9 Å². The van der Waals surface area contributed by atoms with Crippen LogP contribution >= 0.6 is 0 Å². The second-order valence-electron chi connectivity index (χ2n) is 6.60. The Morgan fingerprint density at radius 2 is 1.65 bits per heavy atom. The second-order valence-corrected chi connectivity index (χ2v) is 8.37. The molecule has 0 saturated heterocycles. The van der Waals surface area contributed by atoms with Crippen LogP contribution in [0.5, 0.6) is 0 Å². The fourth-order valence-corrected chi connectivity index (χ4v) is 2.94. The average Bonchev–Trinajstić information content (AvgIpc) is 2.55. The lowest BCUT2D eigenvalue weighted by Gasteiger charge is -2.19. The highest BCUT2D eigenvalue weighted by Gasteiger charge is 2.17. The maximum absolute atomic E-state index is 12.1. The van der Waals surface area contributed by atoms with E-state index >= 15 is 0 Å². The summed E-state index contributed by atoms with van der Waals surface area (Å²) in [4.78, 5) is 23.2. The van der Waals surface area contributed by atoms with Gasteiger partial charge in [-0.3, -0.25) is 4.79 Å². The van der Waals surface area contributed by atoms with Gasteiger partial charge in [-0.05, 0) is 44.9 Å². The van der Waals surface area contributed by atoms with Gasteiger partial charge in [0.2, 0.25) is 15.9 Å². The third-order valence-corrected chi connectivity index (χ3v) is 4.65. The van der Waals surface area contributed by atoms with Gasteiger partial charge in [0, 0.05) is 13.1 Å². The van der Waals surface area contributed by atoms with Gasteiger partial charge in [0.1, 0.15) is 5.60 Å². The molecule has 0 aliphatic heterocycles. The Kier molecular flexibility index (Phi) is 8.04. The first-order chi connectivity index (χ1) is 12.0. The van der Waals surface area contributed by atoms with Crippen LogP contribution in [0.4, 0.5) is 4.79 Å². The van der Waals surface area contributed by atoms with Crippen molar-refractivity contribution in [3.05, 3.63) is 29.8 Å². The molecule has 0 saturated carbocycles. The number of benzene rings is 1. The fraction of sp³-hybridized carbons (Fsp3) is 0.529. The molecule has 0 bridgehead atoms. The normalized spacial score (nSPS) is 11.7.